The van der Waals surface area contributed by atoms with E-state index < -0.39 is 0 Å². The highest BCUT2D eigenvalue weighted by molar-refractivity contribution is 5.44. The van der Waals surface area contributed by atoms with Gasteiger partial charge in [-0.3, -0.25) is 0 Å². The van der Waals surface area contributed by atoms with Crippen LogP contribution in [-0.4, -0.2) is 23.8 Å². The number of methoxy groups -OCH3 is 1. The highest BCUT2D eigenvalue weighted by atomic mass is 16.5. The van der Waals surface area contributed by atoms with Gasteiger partial charge in [0.05, 0.1) is 18.5 Å². The van der Waals surface area contributed by atoms with Crippen LogP contribution in [0.2, 0.25) is 0 Å². The third-order valence-corrected chi connectivity index (χ3v) is 1.54. The molecule has 0 spiro atoms. The Bertz CT molecular complexity index is 263. The van der Waals surface area contributed by atoms with Crippen LogP contribution in [0.15, 0.2) is 12.1 Å². The molecule has 0 bridgehead atoms. The van der Waals surface area contributed by atoms with Crippen molar-refractivity contribution < 1.29 is 9.84 Å². The number of hydrogen-bond donors (Lipinski definition) is 2. The number of ether oxygens (including phenoxy) is 1. The minimum absolute atomic E-state index is 0.0460. The van der Waals surface area contributed by atoms with Gasteiger partial charge in [0.25, 0.3) is 0 Å². The molecule has 1 rings (SSSR count). The van der Waals surface area contributed by atoms with Gasteiger partial charge in [0.1, 0.15) is 0 Å². The molecule has 66 valence electrons. The minimum atomic E-state index is 0.0460. The third-order valence-electron chi connectivity index (χ3n) is 1.54. The molecule has 0 unspecified atom stereocenters. The van der Waals surface area contributed by atoms with Crippen molar-refractivity contribution in [2.75, 3.05) is 19.5 Å². The SMILES string of the molecule is COc1ccc(N)c(CCO)n1. The van der Waals surface area contributed by atoms with Gasteiger partial charge in [0.15, 0.2) is 0 Å². The number of rotatable bonds is 3. The van der Waals surface area contributed by atoms with Crippen molar-refractivity contribution in [3.05, 3.63) is 17.8 Å². The van der Waals surface area contributed by atoms with Crippen LogP contribution in [0.1, 0.15) is 5.69 Å². The number of nitrogen functional groups attached to an aromatic ring is 1. The van der Waals surface area contributed by atoms with E-state index in [9.17, 15) is 0 Å². The van der Waals surface area contributed by atoms with E-state index in [1.165, 1.54) is 0 Å². The molecule has 0 aliphatic carbocycles. The summed E-state index contributed by atoms with van der Waals surface area (Å²) in [6.45, 7) is 0.0460. The summed E-state index contributed by atoms with van der Waals surface area (Å²) < 4.78 is 4.91. The highest BCUT2D eigenvalue weighted by Crippen LogP contribution is 2.14. The molecule has 0 atom stereocenters. The minimum Gasteiger partial charge on any atom is -0.481 e. The lowest BCUT2D eigenvalue weighted by atomic mass is 10.2. The van der Waals surface area contributed by atoms with E-state index in [1.54, 1.807) is 19.2 Å². The zero-order valence-corrected chi connectivity index (χ0v) is 6.95. The molecule has 4 heteroatoms. The van der Waals surface area contributed by atoms with Crippen molar-refractivity contribution in [1.82, 2.24) is 4.98 Å². The molecule has 1 heterocycles. The number of nitrogens with zero attached hydrogens (tertiary/aromatic N) is 1. The number of anilines is 1. The quantitative estimate of drug-likeness (QED) is 0.676. The number of nitrogens with two attached hydrogens (primary N) is 1. The van der Waals surface area contributed by atoms with E-state index in [4.69, 9.17) is 15.6 Å². The van der Waals surface area contributed by atoms with Crippen LogP contribution >= 0.6 is 0 Å². The van der Waals surface area contributed by atoms with Gasteiger partial charge in [-0.25, -0.2) is 4.98 Å². The highest BCUT2D eigenvalue weighted by Gasteiger charge is 2.01. The van der Waals surface area contributed by atoms with Crippen LogP contribution in [0.25, 0.3) is 0 Å². The normalized spacial score (nSPS) is 9.83. The van der Waals surface area contributed by atoms with Crippen LogP contribution < -0.4 is 10.5 Å². The van der Waals surface area contributed by atoms with Crippen molar-refractivity contribution >= 4 is 5.69 Å². The lowest BCUT2D eigenvalue weighted by molar-refractivity contribution is 0.297. The van der Waals surface area contributed by atoms with Gasteiger partial charge in [-0.2, -0.15) is 0 Å². The maximum Gasteiger partial charge on any atom is 0.213 e. The number of aromatic nitrogens is 1. The summed E-state index contributed by atoms with van der Waals surface area (Å²) in [6, 6.07) is 3.41. The zero-order chi connectivity index (χ0) is 8.97. The Labute approximate surface area is 71.0 Å². The topological polar surface area (TPSA) is 68.4 Å². The Hall–Kier alpha value is -1.29. The summed E-state index contributed by atoms with van der Waals surface area (Å²) in [5.74, 6) is 0.521. The van der Waals surface area contributed by atoms with Gasteiger partial charge in [0.2, 0.25) is 5.88 Å². The van der Waals surface area contributed by atoms with Gasteiger partial charge in [-0.1, -0.05) is 0 Å². The lowest BCUT2D eigenvalue weighted by Crippen LogP contribution is -2.01. The van der Waals surface area contributed by atoms with Crippen LogP contribution in [-0.2, 0) is 6.42 Å². The molecular formula is C8H12N2O2. The van der Waals surface area contributed by atoms with Gasteiger partial charge < -0.3 is 15.6 Å². The molecule has 0 aliphatic rings. The van der Waals surface area contributed by atoms with Gasteiger partial charge >= 0.3 is 0 Å². The summed E-state index contributed by atoms with van der Waals surface area (Å²) in [6.07, 6.45) is 0.461. The Morgan fingerprint density at radius 3 is 2.92 bits per heavy atom. The van der Waals surface area contributed by atoms with Crippen molar-refractivity contribution in [3.8, 4) is 5.88 Å². The molecule has 1 aromatic rings. The molecule has 0 saturated carbocycles. The van der Waals surface area contributed by atoms with Crippen LogP contribution in [0, 0.1) is 0 Å². The van der Waals surface area contributed by atoms with Gasteiger partial charge in [-0.05, 0) is 6.07 Å². The lowest BCUT2D eigenvalue weighted by Gasteiger charge is -2.04. The molecule has 3 N–H and O–H groups in total. The summed E-state index contributed by atoms with van der Waals surface area (Å²) in [5.41, 5.74) is 6.87. The van der Waals surface area contributed by atoms with Crippen LogP contribution in [0.3, 0.4) is 0 Å². The summed E-state index contributed by atoms with van der Waals surface area (Å²) >= 11 is 0. The fraction of sp³-hybridized carbons (Fsp3) is 0.375. The molecule has 1 aromatic heterocycles. The predicted molar refractivity (Wildman–Crippen MR) is 46.0 cm³/mol. The maximum atomic E-state index is 8.67. The Morgan fingerprint density at radius 2 is 2.33 bits per heavy atom. The Balaban J connectivity index is 2.91. The van der Waals surface area contributed by atoms with E-state index >= 15 is 0 Å². The third kappa shape index (κ3) is 1.85. The van der Waals surface area contributed by atoms with Crippen molar-refractivity contribution in [3.63, 3.8) is 0 Å². The van der Waals surface area contributed by atoms with E-state index in [0.717, 1.165) is 0 Å². The van der Waals surface area contributed by atoms with Crippen molar-refractivity contribution in [2.24, 2.45) is 0 Å². The molecule has 4 nitrogen and oxygen atoms in total. The second-order valence-corrected chi connectivity index (χ2v) is 2.36. The van der Waals surface area contributed by atoms with Crippen molar-refractivity contribution in [2.45, 2.75) is 6.42 Å². The number of pyridine rings is 1. The Morgan fingerprint density at radius 1 is 1.58 bits per heavy atom. The number of hydrogen-bond acceptors (Lipinski definition) is 4. The largest absolute Gasteiger partial charge is 0.481 e. The summed E-state index contributed by atoms with van der Waals surface area (Å²) in [7, 11) is 1.54. The second kappa shape index (κ2) is 3.92. The molecule has 0 fully saturated rings. The van der Waals surface area contributed by atoms with E-state index in [0.29, 0.717) is 23.7 Å². The molecular weight excluding hydrogens is 156 g/mol. The fourth-order valence-corrected chi connectivity index (χ4v) is 0.912. The molecule has 0 aliphatic heterocycles. The molecule has 0 amide bonds. The smallest absolute Gasteiger partial charge is 0.213 e. The maximum absolute atomic E-state index is 8.67. The average molecular weight is 168 g/mol. The monoisotopic (exact) mass is 168 g/mol. The van der Waals surface area contributed by atoms with E-state index in [2.05, 4.69) is 4.98 Å². The van der Waals surface area contributed by atoms with Gasteiger partial charge in [0, 0.05) is 19.1 Å². The molecule has 12 heavy (non-hydrogen) atoms. The molecule has 0 saturated heterocycles. The van der Waals surface area contributed by atoms with Crippen LogP contribution in [0.4, 0.5) is 5.69 Å². The molecule has 0 aromatic carbocycles. The fourth-order valence-electron chi connectivity index (χ4n) is 0.912. The Kier molecular flexibility index (Phi) is 2.88. The van der Waals surface area contributed by atoms with E-state index in [-0.39, 0.29) is 6.61 Å². The average Bonchev–Trinajstić information content (AvgIpc) is 2.09. The van der Waals surface area contributed by atoms with Crippen molar-refractivity contribution in [1.29, 1.82) is 0 Å². The number of aliphatic hydroxyl groups excluding tert-OH is 1. The van der Waals surface area contributed by atoms with Crippen LogP contribution in [0.5, 0.6) is 5.88 Å². The second-order valence-electron chi connectivity index (χ2n) is 2.36. The predicted octanol–water partition coefficient (Wildman–Crippen LogP) is 0.207. The first-order chi connectivity index (χ1) is 5.77. The first-order valence-electron chi connectivity index (χ1n) is 3.68. The summed E-state index contributed by atoms with van der Waals surface area (Å²) in [4.78, 5) is 4.07. The number of aliphatic hydroxyl groups is 1. The summed E-state index contributed by atoms with van der Waals surface area (Å²) in [5, 5.41) is 8.67. The van der Waals surface area contributed by atoms with Gasteiger partial charge in [-0.15, -0.1) is 0 Å². The first-order valence-corrected chi connectivity index (χ1v) is 3.68. The standard InChI is InChI=1S/C8H12N2O2/c1-12-8-3-2-6(9)7(10-8)4-5-11/h2-3,11H,4-5,9H2,1H3. The zero-order valence-electron chi connectivity index (χ0n) is 6.95. The first kappa shape index (κ1) is 8.80. The van der Waals surface area contributed by atoms with E-state index in [1.807, 2.05) is 0 Å². The molecule has 0 radical (unpaired) electrons.